The molecule has 7 heteroatoms. The third kappa shape index (κ3) is 5.56. The molecule has 1 aromatic carbocycles. The van der Waals surface area contributed by atoms with E-state index in [4.69, 9.17) is 4.74 Å². The molecule has 0 aliphatic rings. The second kappa shape index (κ2) is 8.62. The number of nitro groups is 1. The van der Waals surface area contributed by atoms with E-state index in [9.17, 15) is 20.0 Å². The maximum Gasteiger partial charge on any atom is 0.308 e. The van der Waals surface area contributed by atoms with E-state index in [1.807, 2.05) is 13.8 Å². The summed E-state index contributed by atoms with van der Waals surface area (Å²) in [4.78, 5) is 22.2. The molecule has 0 atom stereocenters. The highest BCUT2D eigenvalue weighted by atomic mass is 16.6. The molecule has 2 aromatic rings. The van der Waals surface area contributed by atoms with Gasteiger partial charge in [-0.3, -0.25) is 14.9 Å². The highest BCUT2D eigenvalue weighted by Crippen LogP contribution is 2.25. The van der Waals surface area contributed by atoms with Crippen molar-refractivity contribution in [3.8, 4) is 0 Å². The average Bonchev–Trinajstić information content (AvgIpc) is 2.90. The van der Waals surface area contributed by atoms with Crippen LogP contribution >= 0.6 is 0 Å². The monoisotopic (exact) mass is 350 g/mol. The first-order chi connectivity index (χ1) is 11.7. The smallest absolute Gasteiger partial charge is 0.308 e. The summed E-state index contributed by atoms with van der Waals surface area (Å²) in [6.07, 6.45) is 0.158. The molecule has 1 N–H and O–H groups in total. The van der Waals surface area contributed by atoms with E-state index in [1.54, 1.807) is 37.5 Å². The average molecular weight is 350 g/mol. The minimum absolute atomic E-state index is 0.00807. The summed E-state index contributed by atoms with van der Waals surface area (Å²) >= 11 is 0. The maximum absolute atomic E-state index is 11.8. The van der Waals surface area contributed by atoms with Crippen LogP contribution in [0.4, 0.5) is 5.69 Å². The maximum atomic E-state index is 11.8. The fourth-order valence-electron chi connectivity index (χ4n) is 2.42. The first kappa shape index (κ1) is 20.6. The first-order valence-corrected chi connectivity index (χ1v) is 8.30. The number of aryl methyl sites for hydroxylation is 1. The highest BCUT2D eigenvalue weighted by molar-refractivity contribution is 5.84. The number of carbonyl (C=O) groups excluding carboxylic acids is 1. The number of hydrogen-bond donors (Lipinski definition) is 1. The summed E-state index contributed by atoms with van der Waals surface area (Å²) in [5.74, 6) is -0.329. The predicted octanol–water partition coefficient (Wildman–Crippen LogP) is 3.80. The van der Waals surface area contributed by atoms with E-state index in [1.165, 1.54) is 12.1 Å². The molecule has 25 heavy (non-hydrogen) atoms. The van der Waals surface area contributed by atoms with Crippen LogP contribution in [-0.2, 0) is 22.7 Å². The molecule has 0 spiro atoms. The highest BCUT2D eigenvalue weighted by Gasteiger charge is 2.18. The van der Waals surface area contributed by atoms with Gasteiger partial charge in [0.25, 0.3) is 5.69 Å². The van der Waals surface area contributed by atoms with Gasteiger partial charge in [-0.25, -0.2) is 0 Å². The van der Waals surface area contributed by atoms with Gasteiger partial charge in [-0.2, -0.15) is 0 Å². The number of carbonyl (C=O) groups is 1. The Morgan fingerprint density at radius 2 is 1.92 bits per heavy atom. The number of aromatic nitrogens is 1. The Labute approximate surface area is 147 Å². The number of hydrogen-bond acceptors (Lipinski definition) is 5. The lowest BCUT2D eigenvalue weighted by atomic mass is 10.2. The number of aliphatic hydroxyl groups excluding tert-OH is 1. The number of rotatable bonds is 5. The molecule has 138 valence electrons. The Kier molecular flexibility index (Phi) is 7.11. The molecule has 0 aliphatic heterocycles. The van der Waals surface area contributed by atoms with Crippen LogP contribution in [0.2, 0.25) is 0 Å². The van der Waals surface area contributed by atoms with Gasteiger partial charge in [0.15, 0.2) is 0 Å². The Morgan fingerprint density at radius 1 is 1.28 bits per heavy atom. The molecule has 7 nitrogen and oxygen atoms in total. The fourth-order valence-corrected chi connectivity index (χ4v) is 2.42. The van der Waals surface area contributed by atoms with Crippen LogP contribution in [0.5, 0.6) is 0 Å². The SMILES string of the molecule is CC.CC(C)(C)OC(=O)CCn1c(CO)cc2cc([N+](=O)[O-])ccc21. The van der Waals surface area contributed by atoms with Gasteiger partial charge in [-0.15, -0.1) is 0 Å². The van der Waals surface area contributed by atoms with E-state index < -0.39 is 10.5 Å². The summed E-state index contributed by atoms with van der Waals surface area (Å²) in [5.41, 5.74) is 0.787. The number of esters is 1. The Hall–Kier alpha value is -2.41. The number of aliphatic hydroxyl groups is 1. The van der Waals surface area contributed by atoms with E-state index in [-0.39, 0.29) is 24.7 Å². The summed E-state index contributed by atoms with van der Waals surface area (Å²) in [6.45, 7) is 9.53. The molecule has 0 radical (unpaired) electrons. The summed E-state index contributed by atoms with van der Waals surface area (Å²) in [5, 5.41) is 21.0. The van der Waals surface area contributed by atoms with Crippen molar-refractivity contribution < 1.29 is 19.6 Å². The van der Waals surface area contributed by atoms with Gasteiger partial charge in [0.1, 0.15) is 5.60 Å². The minimum atomic E-state index is -0.545. The van der Waals surface area contributed by atoms with Crippen molar-refractivity contribution in [1.82, 2.24) is 4.57 Å². The molecule has 2 rings (SSSR count). The number of ether oxygens (including phenoxy) is 1. The number of nitrogens with zero attached hydrogens (tertiary/aromatic N) is 2. The molecule has 0 saturated carbocycles. The lowest BCUT2D eigenvalue weighted by Gasteiger charge is -2.19. The molecule has 0 aliphatic carbocycles. The van der Waals surface area contributed by atoms with Crippen molar-refractivity contribution in [2.45, 2.75) is 59.8 Å². The molecule has 0 fully saturated rings. The summed E-state index contributed by atoms with van der Waals surface area (Å²) in [7, 11) is 0. The van der Waals surface area contributed by atoms with Crippen molar-refractivity contribution in [2.24, 2.45) is 0 Å². The summed E-state index contributed by atoms with van der Waals surface area (Å²) in [6, 6.07) is 6.19. The zero-order valence-corrected chi connectivity index (χ0v) is 15.4. The molecule has 1 aromatic heterocycles. The zero-order chi connectivity index (χ0) is 19.2. The number of nitro benzene ring substituents is 1. The molecule has 0 bridgehead atoms. The van der Waals surface area contributed by atoms with Crippen LogP contribution in [0.1, 0.15) is 46.7 Å². The molecular weight excluding hydrogens is 324 g/mol. The van der Waals surface area contributed by atoms with Crippen LogP contribution in [0.15, 0.2) is 24.3 Å². The van der Waals surface area contributed by atoms with Crippen LogP contribution < -0.4 is 0 Å². The topological polar surface area (TPSA) is 94.6 Å². The number of fused-ring (bicyclic) bond motifs is 1. The second-order valence-corrected chi connectivity index (χ2v) is 6.28. The predicted molar refractivity (Wildman–Crippen MR) is 96.3 cm³/mol. The van der Waals surface area contributed by atoms with Gasteiger partial charge in [0.05, 0.1) is 18.0 Å². The van der Waals surface area contributed by atoms with Crippen molar-refractivity contribution in [2.75, 3.05) is 0 Å². The number of non-ortho nitro benzene ring substituents is 1. The Bertz CT molecular complexity index is 744. The number of benzene rings is 1. The van der Waals surface area contributed by atoms with Gasteiger partial charge in [0, 0.05) is 35.3 Å². The van der Waals surface area contributed by atoms with Crippen molar-refractivity contribution in [1.29, 1.82) is 0 Å². The van der Waals surface area contributed by atoms with Gasteiger partial charge >= 0.3 is 5.97 Å². The molecule has 1 heterocycles. The molecule has 0 amide bonds. The van der Waals surface area contributed by atoms with Crippen molar-refractivity contribution >= 4 is 22.6 Å². The second-order valence-electron chi connectivity index (χ2n) is 6.28. The van der Waals surface area contributed by atoms with Gasteiger partial charge in [-0.05, 0) is 32.9 Å². The minimum Gasteiger partial charge on any atom is -0.460 e. The van der Waals surface area contributed by atoms with Gasteiger partial charge in [0.2, 0.25) is 0 Å². The molecular formula is C18H26N2O5. The normalized spacial score (nSPS) is 11.0. The van der Waals surface area contributed by atoms with E-state index in [0.717, 1.165) is 5.52 Å². The van der Waals surface area contributed by atoms with Crippen LogP contribution in [-0.4, -0.2) is 26.2 Å². The first-order valence-electron chi connectivity index (χ1n) is 8.30. The quantitative estimate of drug-likeness (QED) is 0.503. The van der Waals surface area contributed by atoms with Crippen molar-refractivity contribution in [3.05, 3.63) is 40.1 Å². The van der Waals surface area contributed by atoms with E-state index in [0.29, 0.717) is 17.6 Å². The largest absolute Gasteiger partial charge is 0.460 e. The van der Waals surface area contributed by atoms with Gasteiger partial charge in [-0.1, -0.05) is 13.8 Å². The fraction of sp³-hybridized carbons (Fsp3) is 0.500. The van der Waals surface area contributed by atoms with E-state index in [2.05, 4.69) is 0 Å². The standard InChI is InChI=1S/C16H20N2O5.C2H6/c1-16(2,3)23-15(20)6-7-17-13(10-19)9-11-8-12(18(21)22)4-5-14(11)17;1-2/h4-5,8-9,19H,6-7,10H2,1-3H3;1-2H3. The third-order valence-corrected chi connectivity index (χ3v) is 3.30. The van der Waals surface area contributed by atoms with Crippen LogP contribution in [0.3, 0.4) is 0 Å². The zero-order valence-electron chi connectivity index (χ0n) is 15.4. The lowest BCUT2D eigenvalue weighted by molar-refractivity contribution is -0.384. The summed E-state index contributed by atoms with van der Waals surface area (Å²) < 4.78 is 7.05. The molecule has 0 saturated heterocycles. The third-order valence-electron chi connectivity index (χ3n) is 3.30. The van der Waals surface area contributed by atoms with Gasteiger partial charge < -0.3 is 14.4 Å². The lowest BCUT2D eigenvalue weighted by Crippen LogP contribution is -2.24. The van der Waals surface area contributed by atoms with Crippen LogP contribution in [0, 0.1) is 10.1 Å². The van der Waals surface area contributed by atoms with Crippen molar-refractivity contribution in [3.63, 3.8) is 0 Å². The Balaban J connectivity index is 0.00000151. The Morgan fingerprint density at radius 3 is 2.44 bits per heavy atom. The van der Waals surface area contributed by atoms with E-state index >= 15 is 0 Å². The molecule has 0 unspecified atom stereocenters. The van der Waals surface area contributed by atoms with Crippen LogP contribution in [0.25, 0.3) is 10.9 Å².